The van der Waals surface area contributed by atoms with Crippen LogP contribution in [0.3, 0.4) is 0 Å². The Kier molecular flexibility index (Phi) is 6.33. The van der Waals surface area contributed by atoms with Crippen LogP contribution in [0.1, 0.15) is 13.8 Å². The number of anilines is 2. The molecule has 0 aliphatic carbocycles. The normalized spacial score (nSPS) is 20.3. The Morgan fingerprint density at radius 2 is 1.25 bits per heavy atom. The number of rotatable bonds is 7. The van der Waals surface area contributed by atoms with Gasteiger partial charge in [0, 0.05) is 23.6 Å². The van der Waals surface area contributed by atoms with Crippen molar-refractivity contribution in [1.82, 2.24) is 10.6 Å². The molecule has 0 aromatic carbocycles. The molecule has 2 fully saturated rings. The fourth-order valence-electron chi connectivity index (χ4n) is 3.34. The number of thiophene rings is 2. The second-order valence-electron chi connectivity index (χ2n) is 7.38. The molecule has 2 atom stereocenters. The molecule has 2 N–H and O–H groups in total. The van der Waals surface area contributed by atoms with E-state index in [4.69, 9.17) is 9.47 Å². The summed E-state index contributed by atoms with van der Waals surface area (Å²) in [5.41, 5.74) is 0. The van der Waals surface area contributed by atoms with E-state index in [0.29, 0.717) is 13.1 Å². The third-order valence-electron chi connectivity index (χ3n) is 4.86. The van der Waals surface area contributed by atoms with E-state index < -0.39 is 24.4 Å². The minimum atomic E-state index is -0.439. The predicted octanol–water partition coefficient (Wildman–Crippen LogP) is 2.40. The van der Waals surface area contributed by atoms with Crippen LogP contribution in [0.15, 0.2) is 24.3 Å². The Morgan fingerprint density at radius 1 is 0.844 bits per heavy atom. The number of carbonyl (C=O) groups excluding carboxylic acids is 4. The minimum Gasteiger partial charge on any atom is -0.442 e. The summed E-state index contributed by atoms with van der Waals surface area (Å²) in [7, 11) is 0. The first-order chi connectivity index (χ1) is 15.3. The topological polar surface area (TPSA) is 117 Å². The van der Waals surface area contributed by atoms with E-state index in [-0.39, 0.29) is 24.9 Å². The zero-order valence-electron chi connectivity index (χ0n) is 17.5. The molecule has 2 aliphatic heterocycles. The molecule has 2 aromatic heterocycles. The molecule has 0 unspecified atom stereocenters. The number of cyclic esters (lactones) is 2. The van der Waals surface area contributed by atoms with Gasteiger partial charge in [-0.05, 0) is 24.3 Å². The van der Waals surface area contributed by atoms with E-state index in [2.05, 4.69) is 10.6 Å². The largest absolute Gasteiger partial charge is 0.442 e. The molecule has 0 spiro atoms. The molecule has 2 aliphatic rings. The number of ether oxygens (including phenoxy) is 2. The van der Waals surface area contributed by atoms with Gasteiger partial charge in [-0.3, -0.25) is 19.4 Å². The molecule has 2 aromatic rings. The van der Waals surface area contributed by atoms with Gasteiger partial charge in [0.1, 0.15) is 22.2 Å². The Bertz CT molecular complexity index is 968. The van der Waals surface area contributed by atoms with E-state index >= 15 is 0 Å². The lowest BCUT2D eigenvalue weighted by Gasteiger charge is -2.10. The first kappa shape index (κ1) is 22.1. The highest BCUT2D eigenvalue weighted by atomic mass is 32.1. The molecule has 4 rings (SSSR count). The second kappa shape index (κ2) is 9.17. The maximum absolute atomic E-state index is 12.2. The SMILES string of the molecule is CC(=O)NC[C@H]1CN(c2ccc(-c3ccc(N4C[C@H](CNC(C)=O)OC4=O)s3)s2)C(=O)O1. The van der Waals surface area contributed by atoms with Crippen molar-refractivity contribution in [1.29, 1.82) is 0 Å². The summed E-state index contributed by atoms with van der Waals surface area (Å²) in [5, 5.41) is 6.82. The first-order valence-corrected chi connectivity index (χ1v) is 11.6. The summed E-state index contributed by atoms with van der Waals surface area (Å²) in [4.78, 5) is 51.6. The van der Waals surface area contributed by atoms with Crippen LogP contribution >= 0.6 is 22.7 Å². The average Bonchev–Trinajstić information content (AvgIpc) is 3.50. The number of hydrogen-bond acceptors (Lipinski definition) is 8. The van der Waals surface area contributed by atoms with Crippen LogP contribution in [0.25, 0.3) is 9.75 Å². The van der Waals surface area contributed by atoms with E-state index in [1.807, 2.05) is 24.3 Å². The van der Waals surface area contributed by atoms with Crippen molar-refractivity contribution in [3.63, 3.8) is 0 Å². The van der Waals surface area contributed by atoms with Crippen molar-refractivity contribution in [2.24, 2.45) is 0 Å². The molecule has 32 heavy (non-hydrogen) atoms. The number of nitrogens with zero attached hydrogens (tertiary/aromatic N) is 2. The molecule has 12 heteroatoms. The third kappa shape index (κ3) is 4.86. The van der Waals surface area contributed by atoms with Crippen molar-refractivity contribution < 1.29 is 28.7 Å². The van der Waals surface area contributed by atoms with Crippen LogP contribution in [-0.2, 0) is 19.1 Å². The van der Waals surface area contributed by atoms with Gasteiger partial charge in [-0.15, -0.1) is 22.7 Å². The van der Waals surface area contributed by atoms with E-state index in [1.54, 1.807) is 9.80 Å². The van der Waals surface area contributed by atoms with Crippen LogP contribution in [0.4, 0.5) is 19.6 Å². The smallest absolute Gasteiger partial charge is 0.415 e. The van der Waals surface area contributed by atoms with E-state index in [9.17, 15) is 19.2 Å². The average molecular weight is 479 g/mol. The molecule has 170 valence electrons. The maximum Gasteiger partial charge on any atom is 0.415 e. The molecule has 4 amide bonds. The summed E-state index contributed by atoms with van der Waals surface area (Å²) in [6, 6.07) is 7.56. The van der Waals surface area contributed by atoms with E-state index in [1.165, 1.54) is 36.5 Å². The standard InChI is InChI=1S/C20H22N4O6S2/c1-11(25)21-7-13-9-23(19(27)29-13)17-5-3-15(31-17)16-4-6-18(32-16)24-10-14(30-20(24)28)8-22-12(2)26/h3-6,13-14H,7-10H2,1-2H3,(H,21,25)(H,22,26)/t13-,14-/m0/s1. The lowest BCUT2D eigenvalue weighted by Crippen LogP contribution is -2.33. The zero-order chi connectivity index (χ0) is 22.8. The lowest BCUT2D eigenvalue weighted by molar-refractivity contribution is -0.120. The molecule has 4 heterocycles. The fraction of sp³-hybridized carbons (Fsp3) is 0.400. The predicted molar refractivity (Wildman–Crippen MR) is 120 cm³/mol. The molecule has 2 saturated heterocycles. The Balaban J connectivity index is 1.40. The van der Waals surface area contributed by atoms with Gasteiger partial charge in [0.15, 0.2) is 0 Å². The van der Waals surface area contributed by atoms with Crippen LogP contribution in [-0.4, -0.2) is 62.4 Å². The highest BCUT2D eigenvalue weighted by Crippen LogP contribution is 2.41. The summed E-state index contributed by atoms with van der Waals surface area (Å²) in [5.74, 6) is -0.343. The second-order valence-corrected chi connectivity index (χ2v) is 9.51. The van der Waals surface area contributed by atoms with Crippen LogP contribution in [0.2, 0.25) is 0 Å². The van der Waals surface area contributed by atoms with Gasteiger partial charge in [-0.2, -0.15) is 0 Å². The number of hydrogen-bond donors (Lipinski definition) is 2. The number of carbonyl (C=O) groups is 4. The molecule has 0 radical (unpaired) electrons. The van der Waals surface area contributed by atoms with Gasteiger partial charge >= 0.3 is 12.2 Å². The molecular formula is C20H22N4O6S2. The molecule has 0 saturated carbocycles. The Labute approximate surface area is 192 Å². The quantitative estimate of drug-likeness (QED) is 0.631. The van der Waals surface area contributed by atoms with Crippen LogP contribution in [0.5, 0.6) is 0 Å². The summed E-state index contributed by atoms with van der Waals surface area (Å²) in [6.07, 6.45) is -1.66. The van der Waals surface area contributed by atoms with Crippen molar-refractivity contribution in [3.05, 3.63) is 24.3 Å². The minimum absolute atomic E-state index is 0.172. The van der Waals surface area contributed by atoms with Gasteiger partial charge in [-0.25, -0.2) is 9.59 Å². The monoisotopic (exact) mass is 478 g/mol. The van der Waals surface area contributed by atoms with Crippen molar-refractivity contribution in [2.75, 3.05) is 36.0 Å². The molecular weight excluding hydrogens is 456 g/mol. The first-order valence-electron chi connectivity index (χ1n) is 9.95. The lowest BCUT2D eigenvalue weighted by atomic mass is 10.3. The van der Waals surface area contributed by atoms with Crippen molar-refractivity contribution in [2.45, 2.75) is 26.1 Å². The summed E-state index contributed by atoms with van der Waals surface area (Å²) < 4.78 is 10.6. The highest BCUT2D eigenvalue weighted by molar-refractivity contribution is 7.26. The van der Waals surface area contributed by atoms with Gasteiger partial charge in [0.05, 0.1) is 26.2 Å². The third-order valence-corrected chi connectivity index (χ3v) is 7.28. The zero-order valence-corrected chi connectivity index (χ0v) is 19.1. The van der Waals surface area contributed by atoms with Gasteiger partial charge < -0.3 is 20.1 Å². The maximum atomic E-state index is 12.2. The van der Waals surface area contributed by atoms with Gasteiger partial charge in [0.2, 0.25) is 11.8 Å². The summed E-state index contributed by atoms with van der Waals surface area (Å²) in [6.45, 7) is 4.12. The van der Waals surface area contributed by atoms with Crippen molar-refractivity contribution >= 4 is 56.7 Å². The molecule has 10 nitrogen and oxygen atoms in total. The van der Waals surface area contributed by atoms with Crippen molar-refractivity contribution in [3.8, 4) is 9.75 Å². The highest BCUT2D eigenvalue weighted by Gasteiger charge is 2.34. The Hall–Kier alpha value is -3.12. The number of amides is 4. The van der Waals surface area contributed by atoms with E-state index in [0.717, 1.165) is 19.8 Å². The van der Waals surface area contributed by atoms with Gasteiger partial charge in [-0.1, -0.05) is 0 Å². The Morgan fingerprint density at radius 3 is 1.62 bits per heavy atom. The summed E-state index contributed by atoms with van der Waals surface area (Å²) >= 11 is 2.90. The number of nitrogens with one attached hydrogen (secondary N) is 2. The van der Waals surface area contributed by atoms with Gasteiger partial charge in [0.25, 0.3) is 0 Å². The van der Waals surface area contributed by atoms with Crippen LogP contribution < -0.4 is 20.4 Å². The fourth-order valence-corrected chi connectivity index (χ4v) is 5.44. The molecule has 0 bridgehead atoms. The van der Waals surface area contributed by atoms with Crippen LogP contribution in [0, 0.1) is 0 Å².